The number of nitrogens with zero attached hydrogens (tertiary/aromatic N) is 1. The Bertz CT molecular complexity index is 346. The third-order valence-corrected chi connectivity index (χ3v) is 2.89. The molecule has 0 N–H and O–H groups in total. The van der Waals surface area contributed by atoms with Gasteiger partial charge in [0.05, 0.1) is 0 Å². The maximum Gasteiger partial charge on any atom is 0.150 e. The maximum absolute atomic E-state index is 10.6. The SMILES string of the molecule is CN1CCc2ccc(C=O)cc2CC1. The van der Waals surface area contributed by atoms with Crippen molar-refractivity contribution in [1.29, 1.82) is 0 Å². The molecule has 0 bridgehead atoms. The van der Waals surface area contributed by atoms with Crippen LogP contribution < -0.4 is 0 Å². The van der Waals surface area contributed by atoms with Crippen LogP contribution >= 0.6 is 0 Å². The van der Waals surface area contributed by atoms with E-state index in [0.29, 0.717) is 0 Å². The molecule has 0 radical (unpaired) electrons. The van der Waals surface area contributed by atoms with Crippen LogP contribution in [0.4, 0.5) is 0 Å². The molecule has 0 spiro atoms. The molecule has 0 aromatic heterocycles. The van der Waals surface area contributed by atoms with Gasteiger partial charge in [0.1, 0.15) is 6.29 Å². The lowest BCUT2D eigenvalue weighted by Gasteiger charge is -2.10. The average molecular weight is 189 g/mol. The highest BCUT2D eigenvalue weighted by Gasteiger charge is 2.10. The van der Waals surface area contributed by atoms with Gasteiger partial charge in [0, 0.05) is 18.7 Å². The zero-order chi connectivity index (χ0) is 9.97. The van der Waals surface area contributed by atoms with Crippen LogP contribution in [0.3, 0.4) is 0 Å². The van der Waals surface area contributed by atoms with Crippen molar-refractivity contribution in [3.63, 3.8) is 0 Å². The van der Waals surface area contributed by atoms with Gasteiger partial charge in [-0.05, 0) is 37.1 Å². The van der Waals surface area contributed by atoms with Gasteiger partial charge in [-0.1, -0.05) is 12.1 Å². The zero-order valence-electron chi connectivity index (χ0n) is 8.49. The lowest BCUT2D eigenvalue weighted by molar-refractivity contribution is 0.112. The first kappa shape index (κ1) is 9.41. The van der Waals surface area contributed by atoms with E-state index in [4.69, 9.17) is 0 Å². The fourth-order valence-electron chi connectivity index (χ4n) is 1.93. The second-order valence-corrected chi connectivity index (χ2v) is 3.95. The van der Waals surface area contributed by atoms with E-state index in [1.165, 1.54) is 11.1 Å². The molecule has 0 unspecified atom stereocenters. The molecule has 1 aromatic carbocycles. The minimum absolute atomic E-state index is 0.799. The summed E-state index contributed by atoms with van der Waals surface area (Å²) in [5.41, 5.74) is 3.55. The van der Waals surface area contributed by atoms with E-state index in [1.807, 2.05) is 12.1 Å². The van der Waals surface area contributed by atoms with Crippen LogP contribution in [-0.4, -0.2) is 31.3 Å². The standard InChI is InChI=1S/C12H15NO/c1-13-6-4-11-3-2-10(9-14)8-12(11)5-7-13/h2-3,8-9H,4-7H2,1H3. The van der Waals surface area contributed by atoms with Gasteiger partial charge < -0.3 is 4.90 Å². The largest absolute Gasteiger partial charge is 0.306 e. The van der Waals surface area contributed by atoms with E-state index >= 15 is 0 Å². The Morgan fingerprint density at radius 2 is 1.93 bits per heavy atom. The van der Waals surface area contributed by atoms with Crippen LogP contribution in [0.2, 0.25) is 0 Å². The summed E-state index contributed by atoms with van der Waals surface area (Å²) in [6.45, 7) is 2.21. The van der Waals surface area contributed by atoms with E-state index < -0.39 is 0 Å². The van der Waals surface area contributed by atoms with Crippen molar-refractivity contribution in [3.8, 4) is 0 Å². The summed E-state index contributed by atoms with van der Waals surface area (Å²) in [5, 5.41) is 0. The van der Waals surface area contributed by atoms with Crippen LogP contribution in [0.5, 0.6) is 0 Å². The molecule has 1 aliphatic rings. The summed E-state index contributed by atoms with van der Waals surface area (Å²) in [6.07, 6.45) is 3.09. The normalized spacial score (nSPS) is 17.2. The molecule has 0 aliphatic carbocycles. The lowest BCUT2D eigenvalue weighted by Crippen LogP contribution is -2.20. The number of carbonyl (C=O) groups excluding carboxylic acids is 1. The molecule has 0 atom stereocenters. The van der Waals surface area contributed by atoms with E-state index in [9.17, 15) is 4.79 Å². The third kappa shape index (κ3) is 1.85. The number of likely N-dealkylation sites (N-methyl/N-ethyl adjacent to an activating group) is 1. The molecule has 1 aliphatic heterocycles. The average Bonchev–Trinajstić information content (AvgIpc) is 2.40. The highest BCUT2D eigenvalue weighted by atomic mass is 16.1. The van der Waals surface area contributed by atoms with Crippen molar-refractivity contribution in [2.75, 3.05) is 20.1 Å². The molecular formula is C12H15NO. The Morgan fingerprint density at radius 3 is 2.64 bits per heavy atom. The Morgan fingerprint density at radius 1 is 1.21 bits per heavy atom. The van der Waals surface area contributed by atoms with E-state index in [-0.39, 0.29) is 0 Å². The molecule has 2 rings (SSSR count). The summed E-state index contributed by atoms with van der Waals surface area (Å²) in [4.78, 5) is 13.0. The predicted octanol–water partition coefficient (Wildman–Crippen LogP) is 1.53. The lowest BCUT2D eigenvalue weighted by atomic mass is 10.0. The zero-order valence-corrected chi connectivity index (χ0v) is 8.49. The fourth-order valence-corrected chi connectivity index (χ4v) is 1.93. The van der Waals surface area contributed by atoms with Crippen molar-refractivity contribution < 1.29 is 4.79 Å². The van der Waals surface area contributed by atoms with Gasteiger partial charge in [-0.25, -0.2) is 0 Å². The minimum atomic E-state index is 0.799. The number of hydrogen-bond acceptors (Lipinski definition) is 2. The third-order valence-electron chi connectivity index (χ3n) is 2.89. The molecule has 74 valence electrons. The number of rotatable bonds is 1. The number of benzene rings is 1. The first-order valence-electron chi connectivity index (χ1n) is 5.05. The molecule has 0 amide bonds. The van der Waals surface area contributed by atoms with Gasteiger partial charge in [0.2, 0.25) is 0 Å². The number of carbonyl (C=O) groups is 1. The Hall–Kier alpha value is -1.15. The summed E-state index contributed by atoms with van der Waals surface area (Å²) in [7, 11) is 2.15. The highest BCUT2D eigenvalue weighted by Crippen LogP contribution is 2.16. The van der Waals surface area contributed by atoms with Gasteiger partial charge in [0.25, 0.3) is 0 Å². The molecule has 1 aromatic rings. The van der Waals surface area contributed by atoms with Crippen molar-refractivity contribution in [2.24, 2.45) is 0 Å². The summed E-state index contributed by atoms with van der Waals surface area (Å²) >= 11 is 0. The number of fused-ring (bicyclic) bond motifs is 1. The highest BCUT2D eigenvalue weighted by molar-refractivity contribution is 5.75. The topological polar surface area (TPSA) is 20.3 Å². The number of hydrogen-bond donors (Lipinski definition) is 0. The summed E-state index contributed by atoms with van der Waals surface area (Å²) in [5.74, 6) is 0. The summed E-state index contributed by atoms with van der Waals surface area (Å²) in [6, 6.07) is 6.04. The van der Waals surface area contributed by atoms with E-state index in [2.05, 4.69) is 18.0 Å². The van der Waals surface area contributed by atoms with Gasteiger partial charge in [-0.3, -0.25) is 4.79 Å². The Labute approximate surface area is 84.5 Å². The van der Waals surface area contributed by atoms with Crippen LogP contribution in [0.15, 0.2) is 18.2 Å². The van der Waals surface area contributed by atoms with E-state index in [0.717, 1.165) is 37.8 Å². The van der Waals surface area contributed by atoms with E-state index in [1.54, 1.807) is 0 Å². The fraction of sp³-hybridized carbons (Fsp3) is 0.417. The first-order valence-corrected chi connectivity index (χ1v) is 5.05. The van der Waals surface area contributed by atoms with Crippen molar-refractivity contribution in [2.45, 2.75) is 12.8 Å². The van der Waals surface area contributed by atoms with Crippen LogP contribution in [0, 0.1) is 0 Å². The Kier molecular flexibility index (Phi) is 2.64. The molecular weight excluding hydrogens is 174 g/mol. The molecule has 0 fully saturated rings. The number of aldehydes is 1. The van der Waals surface area contributed by atoms with Gasteiger partial charge >= 0.3 is 0 Å². The van der Waals surface area contributed by atoms with Gasteiger partial charge in [0.15, 0.2) is 0 Å². The van der Waals surface area contributed by atoms with Crippen molar-refractivity contribution in [1.82, 2.24) is 4.90 Å². The van der Waals surface area contributed by atoms with Crippen LogP contribution in [0.1, 0.15) is 21.5 Å². The minimum Gasteiger partial charge on any atom is -0.306 e. The van der Waals surface area contributed by atoms with Crippen LogP contribution in [-0.2, 0) is 12.8 Å². The van der Waals surface area contributed by atoms with Crippen molar-refractivity contribution in [3.05, 3.63) is 34.9 Å². The Balaban J connectivity index is 2.31. The quantitative estimate of drug-likeness (QED) is 0.624. The van der Waals surface area contributed by atoms with Crippen LogP contribution in [0.25, 0.3) is 0 Å². The monoisotopic (exact) mass is 189 g/mol. The molecule has 14 heavy (non-hydrogen) atoms. The second-order valence-electron chi connectivity index (χ2n) is 3.95. The molecule has 1 heterocycles. The van der Waals surface area contributed by atoms with Gasteiger partial charge in [-0.15, -0.1) is 0 Å². The predicted molar refractivity (Wildman–Crippen MR) is 56.7 cm³/mol. The maximum atomic E-state index is 10.6. The second kappa shape index (κ2) is 3.93. The molecule has 2 heteroatoms. The summed E-state index contributed by atoms with van der Waals surface area (Å²) < 4.78 is 0. The molecule has 0 saturated heterocycles. The van der Waals surface area contributed by atoms with Crippen molar-refractivity contribution >= 4 is 6.29 Å². The molecule has 2 nitrogen and oxygen atoms in total. The first-order chi connectivity index (χ1) is 6.79. The van der Waals surface area contributed by atoms with Gasteiger partial charge in [-0.2, -0.15) is 0 Å². The smallest absolute Gasteiger partial charge is 0.150 e. The molecule has 0 saturated carbocycles.